The molecule has 4 aromatic carbocycles. The first-order chi connectivity index (χ1) is 18.0. The van der Waals surface area contributed by atoms with E-state index in [9.17, 15) is 4.79 Å². The smallest absolute Gasteiger partial charge is 0.294 e. The van der Waals surface area contributed by atoms with Gasteiger partial charge < -0.3 is 9.72 Å². The normalized spacial score (nSPS) is 11.0. The van der Waals surface area contributed by atoms with E-state index < -0.39 is 0 Å². The van der Waals surface area contributed by atoms with Crippen LogP contribution in [-0.4, -0.2) is 16.0 Å². The van der Waals surface area contributed by atoms with Crippen LogP contribution in [0.4, 0.5) is 0 Å². The molecule has 1 amide bonds. The van der Waals surface area contributed by atoms with E-state index in [0.717, 1.165) is 37.8 Å². The van der Waals surface area contributed by atoms with E-state index in [1.165, 1.54) is 10.6 Å². The lowest BCUT2D eigenvalue weighted by molar-refractivity contribution is -0.140. The van der Waals surface area contributed by atoms with E-state index in [1.54, 1.807) is 0 Å². The first-order valence-electron chi connectivity index (χ1n) is 12.1. The Balaban J connectivity index is 1.26. The van der Waals surface area contributed by atoms with Crippen molar-refractivity contribution in [2.45, 2.75) is 26.7 Å². The average Bonchev–Trinajstić information content (AvgIpc) is 3.36. The van der Waals surface area contributed by atoms with Crippen molar-refractivity contribution < 1.29 is 14.4 Å². The number of rotatable bonds is 9. The zero-order valence-corrected chi connectivity index (χ0v) is 22.1. The largest absolute Gasteiger partial charge is 0.489 e. The molecule has 0 fully saturated rings. The van der Waals surface area contributed by atoms with Crippen LogP contribution in [0, 0.1) is 6.92 Å². The van der Waals surface area contributed by atoms with Gasteiger partial charge in [0.2, 0.25) is 0 Å². The van der Waals surface area contributed by atoms with Gasteiger partial charge in [0, 0.05) is 15.4 Å². The van der Waals surface area contributed by atoms with Gasteiger partial charge in [0.25, 0.3) is 5.91 Å². The maximum absolute atomic E-state index is 13.4. The molecule has 0 aliphatic heterocycles. The summed E-state index contributed by atoms with van der Waals surface area (Å²) in [6, 6.07) is 33.6. The highest BCUT2D eigenvalue weighted by molar-refractivity contribution is 9.10. The predicted octanol–water partition coefficient (Wildman–Crippen LogP) is 7.59. The third-order valence-corrected chi connectivity index (χ3v) is 6.59. The molecule has 0 atom stereocenters. The quantitative estimate of drug-likeness (QED) is 0.191. The molecule has 5 aromatic rings. The van der Waals surface area contributed by atoms with E-state index in [4.69, 9.17) is 9.57 Å². The van der Waals surface area contributed by atoms with E-state index in [2.05, 4.69) is 52.1 Å². The van der Waals surface area contributed by atoms with E-state index in [0.29, 0.717) is 18.8 Å². The summed E-state index contributed by atoms with van der Waals surface area (Å²) in [6.45, 7) is 3.15. The molecule has 1 aromatic heterocycles. The van der Waals surface area contributed by atoms with Crippen molar-refractivity contribution in [3.05, 3.63) is 136 Å². The molecule has 6 heteroatoms. The number of carbonyl (C=O) groups excluding carboxylic acids is 1. The fourth-order valence-corrected chi connectivity index (χ4v) is 4.20. The second-order valence-electron chi connectivity index (χ2n) is 8.93. The van der Waals surface area contributed by atoms with Crippen LogP contribution in [0.3, 0.4) is 0 Å². The number of carbonyl (C=O) groups is 1. The number of hydrogen-bond acceptors (Lipinski definition) is 3. The summed E-state index contributed by atoms with van der Waals surface area (Å²) in [5.41, 5.74) is 5.65. The number of amides is 1. The monoisotopic (exact) mass is 554 g/mol. The number of aryl methyl sites for hydroxylation is 1. The molecule has 0 saturated heterocycles. The Morgan fingerprint density at radius 3 is 2.19 bits per heavy atom. The molecule has 37 heavy (non-hydrogen) atoms. The first-order valence-corrected chi connectivity index (χ1v) is 12.9. The zero-order chi connectivity index (χ0) is 25.6. The number of nitrogens with one attached hydrogen (secondary N) is 1. The van der Waals surface area contributed by atoms with Crippen molar-refractivity contribution in [3.63, 3.8) is 0 Å². The maximum atomic E-state index is 13.4. The molecule has 186 valence electrons. The van der Waals surface area contributed by atoms with Crippen LogP contribution in [0.25, 0.3) is 10.9 Å². The summed E-state index contributed by atoms with van der Waals surface area (Å²) >= 11 is 3.46. The van der Waals surface area contributed by atoms with E-state index in [1.807, 2.05) is 78.9 Å². The Hall–Kier alpha value is -3.87. The van der Waals surface area contributed by atoms with Crippen molar-refractivity contribution in [1.29, 1.82) is 0 Å². The fraction of sp³-hybridized carbons (Fsp3) is 0.129. The van der Waals surface area contributed by atoms with Crippen molar-refractivity contribution in [3.8, 4) is 5.75 Å². The molecule has 0 saturated carbocycles. The molecular weight excluding hydrogens is 528 g/mol. The van der Waals surface area contributed by atoms with E-state index in [-0.39, 0.29) is 12.5 Å². The summed E-state index contributed by atoms with van der Waals surface area (Å²) in [5, 5.41) is 2.39. The Morgan fingerprint density at radius 1 is 0.811 bits per heavy atom. The molecular formula is C31H27BrN2O3. The van der Waals surface area contributed by atoms with Gasteiger partial charge in [-0.1, -0.05) is 88.2 Å². The molecule has 0 aliphatic carbocycles. The third kappa shape index (κ3) is 6.47. The predicted molar refractivity (Wildman–Crippen MR) is 149 cm³/mol. The number of aromatic amines is 1. The molecule has 1 heterocycles. The number of H-pyrrole nitrogens is 1. The lowest BCUT2D eigenvalue weighted by Crippen LogP contribution is -2.31. The zero-order valence-electron chi connectivity index (χ0n) is 20.5. The number of halogens is 1. The van der Waals surface area contributed by atoms with Gasteiger partial charge >= 0.3 is 0 Å². The lowest BCUT2D eigenvalue weighted by atomic mass is 10.2. The number of aromatic nitrogens is 1. The lowest BCUT2D eigenvalue weighted by Gasteiger charge is -2.22. The van der Waals surface area contributed by atoms with Crippen molar-refractivity contribution >= 4 is 32.7 Å². The molecule has 0 radical (unpaired) electrons. The Kier molecular flexibility index (Phi) is 7.68. The van der Waals surface area contributed by atoms with Gasteiger partial charge in [0.05, 0.1) is 6.54 Å². The molecule has 0 unspecified atom stereocenters. The van der Waals surface area contributed by atoms with Crippen LogP contribution in [0.1, 0.15) is 32.7 Å². The van der Waals surface area contributed by atoms with Crippen LogP contribution >= 0.6 is 15.9 Å². The van der Waals surface area contributed by atoms with Crippen molar-refractivity contribution in [2.75, 3.05) is 0 Å². The molecule has 0 spiro atoms. The molecule has 0 aliphatic rings. The van der Waals surface area contributed by atoms with Crippen molar-refractivity contribution in [2.24, 2.45) is 0 Å². The second-order valence-corrected chi connectivity index (χ2v) is 9.85. The van der Waals surface area contributed by atoms with Crippen LogP contribution in [-0.2, 0) is 24.6 Å². The first kappa shape index (κ1) is 24.8. The average molecular weight is 555 g/mol. The SMILES string of the molecule is Cc1ccc(COc2ccc(CON(Cc3ccc(Br)cc3)C(=O)c3cc4ccccc4[nH]3)cc2)cc1. The minimum atomic E-state index is -0.225. The topological polar surface area (TPSA) is 54.6 Å². The third-order valence-electron chi connectivity index (χ3n) is 6.06. The van der Waals surface area contributed by atoms with E-state index >= 15 is 0 Å². The second kappa shape index (κ2) is 11.5. The summed E-state index contributed by atoms with van der Waals surface area (Å²) in [4.78, 5) is 22.7. The van der Waals surface area contributed by atoms with Crippen LogP contribution in [0.5, 0.6) is 5.75 Å². The van der Waals surface area contributed by atoms with Gasteiger partial charge in [-0.2, -0.15) is 0 Å². The summed E-state index contributed by atoms with van der Waals surface area (Å²) in [7, 11) is 0. The number of hydrogen-bond donors (Lipinski definition) is 1. The summed E-state index contributed by atoms with van der Waals surface area (Å²) in [5.74, 6) is 0.558. The molecule has 5 nitrogen and oxygen atoms in total. The van der Waals surface area contributed by atoms with Gasteiger partial charge in [0.1, 0.15) is 24.7 Å². The number of para-hydroxylation sites is 1. The highest BCUT2D eigenvalue weighted by Gasteiger charge is 2.20. The minimum absolute atomic E-state index is 0.225. The Bertz CT molecular complexity index is 1440. The number of benzene rings is 4. The Morgan fingerprint density at radius 2 is 1.46 bits per heavy atom. The summed E-state index contributed by atoms with van der Waals surface area (Å²) < 4.78 is 6.89. The van der Waals surface area contributed by atoms with Gasteiger partial charge in [-0.25, -0.2) is 5.06 Å². The van der Waals surface area contributed by atoms with Crippen LogP contribution in [0.2, 0.25) is 0 Å². The highest BCUT2D eigenvalue weighted by Crippen LogP contribution is 2.20. The van der Waals surface area contributed by atoms with Gasteiger partial charge in [-0.3, -0.25) is 9.63 Å². The fourth-order valence-electron chi connectivity index (χ4n) is 3.94. The van der Waals surface area contributed by atoms with Gasteiger partial charge in [0.15, 0.2) is 0 Å². The molecule has 5 rings (SSSR count). The van der Waals surface area contributed by atoms with Crippen molar-refractivity contribution in [1.82, 2.24) is 10.0 Å². The standard InChI is InChI=1S/C31H27BrN2O3/c1-22-6-8-24(9-7-22)20-36-28-16-12-25(13-17-28)21-37-34(19-23-10-14-27(32)15-11-23)31(35)30-18-26-4-2-3-5-29(26)33-30/h2-18,33H,19-21H2,1H3. The highest BCUT2D eigenvalue weighted by atomic mass is 79.9. The van der Waals surface area contributed by atoms with Gasteiger partial charge in [-0.05, 0) is 60.0 Å². The summed E-state index contributed by atoms with van der Waals surface area (Å²) in [6.07, 6.45) is 0. The molecule has 0 bridgehead atoms. The Labute approximate surface area is 224 Å². The number of nitrogens with zero attached hydrogens (tertiary/aromatic N) is 1. The number of fused-ring (bicyclic) bond motifs is 1. The maximum Gasteiger partial charge on any atom is 0.294 e. The number of ether oxygens (including phenoxy) is 1. The van der Waals surface area contributed by atoms with Crippen LogP contribution in [0.15, 0.2) is 108 Å². The van der Waals surface area contributed by atoms with Crippen LogP contribution < -0.4 is 4.74 Å². The van der Waals surface area contributed by atoms with Gasteiger partial charge in [-0.15, -0.1) is 0 Å². The minimum Gasteiger partial charge on any atom is -0.489 e. The molecule has 1 N–H and O–H groups in total. The number of hydroxylamine groups is 2.